The molecular formula is C16H21FN2S. The molecular weight excluding hydrogens is 271 g/mol. The molecule has 0 amide bonds. The molecule has 1 aromatic rings. The first-order valence-corrected chi connectivity index (χ1v) is 7.82. The minimum absolute atomic E-state index is 0.227. The Morgan fingerprint density at radius 1 is 1.40 bits per heavy atom. The van der Waals surface area contributed by atoms with E-state index in [4.69, 9.17) is 5.73 Å². The number of rotatable bonds is 2. The van der Waals surface area contributed by atoms with Crippen molar-refractivity contribution >= 4 is 11.8 Å². The molecule has 0 bridgehead atoms. The predicted molar refractivity (Wildman–Crippen MR) is 84.1 cm³/mol. The number of thioether (sulfide) groups is 1. The summed E-state index contributed by atoms with van der Waals surface area (Å²) in [4.78, 5) is 2.38. The third-order valence-electron chi connectivity index (χ3n) is 3.20. The first-order chi connectivity index (χ1) is 9.48. The van der Waals surface area contributed by atoms with E-state index in [0.29, 0.717) is 12.1 Å². The summed E-state index contributed by atoms with van der Waals surface area (Å²) in [7, 11) is 0. The summed E-state index contributed by atoms with van der Waals surface area (Å²) in [6.07, 6.45) is 0. The van der Waals surface area contributed by atoms with E-state index in [1.807, 2.05) is 17.8 Å². The Balaban J connectivity index is 2.11. The first kappa shape index (κ1) is 15.4. The molecule has 2 nitrogen and oxygen atoms in total. The summed E-state index contributed by atoms with van der Waals surface area (Å²) in [5.74, 6) is 6.57. The third-order valence-corrected chi connectivity index (χ3v) is 4.50. The topological polar surface area (TPSA) is 29.3 Å². The SMILES string of the molecule is CC1(C)CN(Cc2cc(F)cc(C#CCN)c2)CCS1. The summed E-state index contributed by atoms with van der Waals surface area (Å²) >= 11 is 2.00. The zero-order chi connectivity index (χ0) is 14.6. The zero-order valence-corrected chi connectivity index (χ0v) is 12.9. The maximum atomic E-state index is 13.6. The van der Waals surface area contributed by atoms with Crippen molar-refractivity contribution in [2.45, 2.75) is 25.1 Å². The molecule has 1 saturated heterocycles. The molecule has 1 aromatic carbocycles. The normalized spacial score (nSPS) is 18.4. The summed E-state index contributed by atoms with van der Waals surface area (Å²) in [6.45, 7) is 7.66. The fourth-order valence-corrected chi connectivity index (χ4v) is 3.65. The molecule has 0 atom stereocenters. The molecule has 2 N–H and O–H groups in total. The minimum atomic E-state index is -0.227. The fourth-order valence-electron chi connectivity index (χ4n) is 2.47. The van der Waals surface area contributed by atoms with Gasteiger partial charge in [-0.1, -0.05) is 11.8 Å². The smallest absolute Gasteiger partial charge is 0.124 e. The Morgan fingerprint density at radius 2 is 2.20 bits per heavy atom. The van der Waals surface area contributed by atoms with E-state index >= 15 is 0 Å². The van der Waals surface area contributed by atoms with E-state index < -0.39 is 0 Å². The Morgan fingerprint density at radius 3 is 2.90 bits per heavy atom. The summed E-state index contributed by atoms with van der Waals surface area (Å²) < 4.78 is 13.9. The number of nitrogens with two attached hydrogens (primary N) is 1. The van der Waals surface area contributed by atoms with Gasteiger partial charge in [0.2, 0.25) is 0 Å². The van der Waals surface area contributed by atoms with Crippen molar-refractivity contribution in [2.75, 3.05) is 25.4 Å². The maximum absolute atomic E-state index is 13.6. The van der Waals surface area contributed by atoms with E-state index in [0.717, 1.165) is 31.0 Å². The molecule has 1 aliphatic rings. The number of benzene rings is 1. The molecule has 0 radical (unpaired) electrons. The lowest BCUT2D eigenvalue weighted by Gasteiger charge is -2.37. The van der Waals surface area contributed by atoms with E-state index in [2.05, 4.69) is 30.6 Å². The van der Waals surface area contributed by atoms with Crippen LogP contribution in [0.1, 0.15) is 25.0 Å². The van der Waals surface area contributed by atoms with Crippen molar-refractivity contribution in [2.24, 2.45) is 5.73 Å². The molecule has 2 rings (SSSR count). The first-order valence-electron chi connectivity index (χ1n) is 6.83. The minimum Gasteiger partial charge on any atom is -0.320 e. The van der Waals surface area contributed by atoms with Crippen LogP contribution in [-0.4, -0.2) is 35.0 Å². The van der Waals surface area contributed by atoms with Gasteiger partial charge in [-0.25, -0.2) is 4.39 Å². The van der Waals surface area contributed by atoms with Crippen molar-refractivity contribution in [1.82, 2.24) is 4.90 Å². The van der Waals surface area contributed by atoms with Gasteiger partial charge in [0, 0.05) is 35.7 Å². The Bertz CT molecular complexity index is 531. The van der Waals surface area contributed by atoms with Crippen LogP contribution in [0.25, 0.3) is 0 Å². The summed E-state index contributed by atoms with van der Waals surface area (Å²) in [5.41, 5.74) is 7.04. The monoisotopic (exact) mass is 292 g/mol. The maximum Gasteiger partial charge on any atom is 0.124 e. The quantitative estimate of drug-likeness (QED) is 0.849. The molecule has 1 heterocycles. The highest BCUT2D eigenvalue weighted by atomic mass is 32.2. The molecule has 0 saturated carbocycles. The van der Waals surface area contributed by atoms with Crippen molar-refractivity contribution in [1.29, 1.82) is 0 Å². The molecule has 4 heteroatoms. The predicted octanol–water partition coefficient (Wildman–Crippen LogP) is 2.46. The van der Waals surface area contributed by atoms with Gasteiger partial charge in [-0.3, -0.25) is 4.90 Å². The molecule has 0 aromatic heterocycles. The van der Waals surface area contributed by atoms with Crippen LogP contribution in [-0.2, 0) is 6.54 Å². The van der Waals surface area contributed by atoms with Crippen LogP contribution in [0.5, 0.6) is 0 Å². The standard InChI is InChI=1S/C16H21FN2S/c1-16(2)12-19(6-7-20-16)11-14-8-13(4-3-5-18)9-15(17)10-14/h8-10H,5-7,11-12,18H2,1-2H3. The Hall–Kier alpha value is -1.02. The number of nitrogens with zero attached hydrogens (tertiary/aromatic N) is 1. The van der Waals surface area contributed by atoms with Crippen molar-refractivity contribution in [3.8, 4) is 11.8 Å². The molecule has 20 heavy (non-hydrogen) atoms. The van der Waals surface area contributed by atoms with Gasteiger partial charge in [0.05, 0.1) is 6.54 Å². The molecule has 1 fully saturated rings. The lowest BCUT2D eigenvalue weighted by Crippen LogP contribution is -2.42. The largest absolute Gasteiger partial charge is 0.320 e. The lowest BCUT2D eigenvalue weighted by atomic mass is 10.1. The van der Waals surface area contributed by atoms with E-state index in [-0.39, 0.29) is 10.6 Å². The summed E-state index contributed by atoms with van der Waals surface area (Å²) in [5, 5.41) is 0. The van der Waals surface area contributed by atoms with E-state index in [1.165, 1.54) is 6.07 Å². The van der Waals surface area contributed by atoms with Crippen molar-refractivity contribution in [3.05, 3.63) is 35.1 Å². The highest BCUT2D eigenvalue weighted by Gasteiger charge is 2.26. The van der Waals surface area contributed by atoms with Gasteiger partial charge in [0.25, 0.3) is 0 Å². The number of hydrogen-bond donors (Lipinski definition) is 1. The van der Waals surface area contributed by atoms with Gasteiger partial charge >= 0.3 is 0 Å². The van der Waals surface area contributed by atoms with E-state index in [1.54, 1.807) is 6.07 Å². The molecule has 1 aliphatic heterocycles. The Labute approximate surface area is 124 Å². The average molecular weight is 292 g/mol. The van der Waals surface area contributed by atoms with Gasteiger partial charge in [0.1, 0.15) is 5.82 Å². The van der Waals surface area contributed by atoms with Gasteiger partial charge in [-0.15, -0.1) is 0 Å². The molecule has 0 unspecified atom stereocenters. The highest BCUT2D eigenvalue weighted by Crippen LogP contribution is 2.30. The van der Waals surface area contributed by atoms with E-state index in [9.17, 15) is 4.39 Å². The highest BCUT2D eigenvalue weighted by molar-refractivity contribution is 8.00. The second-order valence-electron chi connectivity index (χ2n) is 5.67. The van der Waals surface area contributed by atoms with Gasteiger partial charge in [0.15, 0.2) is 0 Å². The van der Waals surface area contributed by atoms with Crippen LogP contribution in [0.15, 0.2) is 18.2 Å². The van der Waals surface area contributed by atoms with Gasteiger partial charge in [-0.05, 0) is 37.6 Å². The van der Waals surface area contributed by atoms with Crippen molar-refractivity contribution in [3.63, 3.8) is 0 Å². The number of halogens is 1. The van der Waals surface area contributed by atoms with Crippen LogP contribution in [0.3, 0.4) is 0 Å². The van der Waals surface area contributed by atoms with Crippen molar-refractivity contribution < 1.29 is 4.39 Å². The second kappa shape index (κ2) is 6.62. The zero-order valence-electron chi connectivity index (χ0n) is 12.1. The second-order valence-corrected chi connectivity index (χ2v) is 7.47. The number of hydrogen-bond acceptors (Lipinski definition) is 3. The molecule has 0 spiro atoms. The molecule has 108 valence electrons. The fraction of sp³-hybridized carbons (Fsp3) is 0.500. The third kappa shape index (κ3) is 4.52. The van der Waals surface area contributed by atoms with Crippen LogP contribution in [0.4, 0.5) is 4.39 Å². The summed E-state index contributed by atoms with van der Waals surface area (Å²) in [6, 6.07) is 5.02. The van der Waals surface area contributed by atoms with Crippen LogP contribution >= 0.6 is 11.8 Å². The Kier molecular flexibility index (Phi) is 5.09. The van der Waals surface area contributed by atoms with Crippen LogP contribution < -0.4 is 5.73 Å². The average Bonchev–Trinajstić information content (AvgIpc) is 2.34. The lowest BCUT2D eigenvalue weighted by molar-refractivity contribution is 0.252. The molecule has 0 aliphatic carbocycles. The van der Waals surface area contributed by atoms with Crippen LogP contribution in [0, 0.1) is 17.7 Å². The van der Waals surface area contributed by atoms with Gasteiger partial charge < -0.3 is 5.73 Å². The van der Waals surface area contributed by atoms with Crippen LogP contribution in [0.2, 0.25) is 0 Å². The van der Waals surface area contributed by atoms with Gasteiger partial charge in [-0.2, -0.15) is 11.8 Å².